The predicted octanol–water partition coefficient (Wildman–Crippen LogP) is 1.03. The molecule has 0 aromatic carbocycles. The summed E-state index contributed by atoms with van der Waals surface area (Å²) in [5, 5.41) is 15.6. The van der Waals surface area contributed by atoms with E-state index in [2.05, 4.69) is 20.6 Å². The maximum Gasteiger partial charge on any atom is 0.234 e. The zero-order valence-electron chi connectivity index (χ0n) is 9.94. The molecule has 3 aromatic rings. The van der Waals surface area contributed by atoms with Gasteiger partial charge in [-0.1, -0.05) is 11.3 Å². The van der Waals surface area contributed by atoms with Crippen molar-refractivity contribution in [2.45, 2.75) is 19.4 Å². The van der Waals surface area contributed by atoms with Gasteiger partial charge >= 0.3 is 0 Å². The van der Waals surface area contributed by atoms with Crippen molar-refractivity contribution in [1.29, 1.82) is 0 Å². The first-order chi connectivity index (χ1) is 9.31. The van der Waals surface area contributed by atoms with Gasteiger partial charge in [-0.2, -0.15) is 9.61 Å². The first-order valence-electron chi connectivity index (χ1n) is 5.76. The number of rotatable bonds is 5. The van der Waals surface area contributed by atoms with Crippen molar-refractivity contribution in [3.05, 3.63) is 35.5 Å². The molecule has 19 heavy (non-hydrogen) atoms. The highest BCUT2D eigenvalue weighted by Crippen LogP contribution is 2.13. The highest BCUT2D eigenvalue weighted by atomic mass is 32.1. The molecule has 1 N–H and O–H groups in total. The third kappa shape index (κ3) is 2.79. The molecule has 0 saturated carbocycles. The van der Waals surface area contributed by atoms with Gasteiger partial charge in [0.05, 0.1) is 12.8 Å². The van der Waals surface area contributed by atoms with Gasteiger partial charge in [0.25, 0.3) is 0 Å². The Morgan fingerprint density at radius 1 is 1.53 bits per heavy atom. The second-order valence-corrected chi connectivity index (χ2v) is 4.95. The zero-order chi connectivity index (χ0) is 13.1. The predicted molar refractivity (Wildman–Crippen MR) is 67.5 cm³/mol. The van der Waals surface area contributed by atoms with E-state index >= 15 is 0 Å². The van der Waals surface area contributed by atoms with Gasteiger partial charge in [-0.3, -0.25) is 4.79 Å². The van der Waals surface area contributed by atoms with E-state index in [9.17, 15) is 4.79 Å². The van der Waals surface area contributed by atoms with Crippen LogP contribution in [0, 0.1) is 0 Å². The van der Waals surface area contributed by atoms with Crippen molar-refractivity contribution < 1.29 is 9.21 Å². The van der Waals surface area contributed by atoms with E-state index in [4.69, 9.17) is 4.42 Å². The first kappa shape index (κ1) is 11.8. The summed E-state index contributed by atoms with van der Waals surface area (Å²) in [4.78, 5) is 12.4. The summed E-state index contributed by atoms with van der Waals surface area (Å²) in [6.07, 6.45) is 4.12. The van der Waals surface area contributed by atoms with Crippen LogP contribution in [0.3, 0.4) is 0 Å². The molecule has 0 spiro atoms. The molecule has 0 aliphatic carbocycles. The molecule has 0 fully saturated rings. The molecule has 3 rings (SSSR count). The smallest absolute Gasteiger partial charge is 0.234 e. The largest absolute Gasteiger partial charge is 0.467 e. The van der Waals surface area contributed by atoms with Crippen molar-refractivity contribution in [2.75, 3.05) is 0 Å². The quantitative estimate of drug-likeness (QED) is 0.752. The molecule has 0 unspecified atom stereocenters. The molecular weight excluding hydrogens is 266 g/mol. The molecule has 0 aliphatic rings. The first-order valence-corrected chi connectivity index (χ1v) is 6.58. The normalized spacial score (nSPS) is 10.9. The number of carbonyl (C=O) groups excluding carboxylic acids is 1. The van der Waals surface area contributed by atoms with Crippen LogP contribution in [-0.2, 0) is 17.8 Å². The Morgan fingerprint density at radius 3 is 3.26 bits per heavy atom. The molecule has 3 heterocycles. The van der Waals surface area contributed by atoms with Crippen LogP contribution >= 0.6 is 11.3 Å². The molecule has 98 valence electrons. The van der Waals surface area contributed by atoms with Gasteiger partial charge < -0.3 is 9.73 Å². The highest BCUT2D eigenvalue weighted by Gasteiger charge is 2.08. The van der Waals surface area contributed by atoms with Crippen molar-refractivity contribution in [2.24, 2.45) is 0 Å². The molecule has 0 bridgehead atoms. The fourth-order valence-electron chi connectivity index (χ4n) is 1.61. The number of fused-ring (bicyclic) bond motifs is 1. The second-order valence-electron chi connectivity index (χ2n) is 3.91. The molecular formula is C11H11N5O2S. The summed E-state index contributed by atoms with van der Waals surface area (Å²) in [5.74, 6) is 0.717. The number of nitrogens with one attached hydrogen (secondary N) is 1. The molecule has 1 amide bonds. The van der Waals surface area contributed by atoms with E-state index in [0.29, 0.717) is 19.4 Å². The maximum atomic E-state index is 11.7. The third-order valence-corrected chi connectivity index (χ3v) is 3.51. The Balaban J connectivity index is 1.49. The number of furan rings is 1. The summed E-state index contributed by atoms with van der Waals surface area (Å²) in [5.41, 5.74) is 0. The minimum Gasteiger partial charge on any atom is -0.467 e. The average molecular weight is 277 g/mol. The average Bonchev–Trinajstić information content (AvgIpc) is 3.09. The van der Waals surface area contributed by atoms with Gasteiger partial charge in [0.15, 0.2) is 0 Å². The van der Waals surface area contributed by atoms with Gasteiger partial charge in [0.1, 0.15) is 17.1 Å². The van der Waals surface area contributed by atoms with Crippen molar-refractivity contribution in [1.82, 2.24) is 25.1 Å². The summed E-state index contributed by atoms with van der Waals surface area (Å²) in [7, 11) is 0. The van der Waals surface area contributed by atoms with E-state index in [1.807, 2.05) is 6.07 Å². The molecule has 8 heteroatoms. The van der Waals surface area contributed by atoms with Crippen LogP contribution in [0.15, 0.2) is 29.1 Å². The Labute approximate surface area is 112 Å². The van der Waals surface area contributed by atoms with Crippen LogP contribution < -0.4 is 5.32 Å². The second kappa shape index (κ2) is 5.19. The van der Waals surface area contributed by atoms with Gasteiger partial charge in [-0.15, -0.1) is 10.2 Å². The molecule has 0 radical (unpaired) electrons. The minimum absolute atomic E-state index is 0.0256. The minimum atomic E-state index is -0.0256. The fourth-order valence-corrected chi connectivity index (χ4v) is 2.42. The third-order valence-electron chi connectivity index (χ3n) is 2.53. The van der Waals surface area contributed by atoms with Crippen LogP contribution in [0.4, 0.5) is 0 Å². The molecule has 0 aliphatic heterocycles. The van der Waals surface area contributed by atoms with Crippen molar-refractivity contribution in [3.63, 3.8) is 0 Å². The van der Waals surface area contributed by atoms with Crippen LogP contribution in [0.2, 0.25) is 0 Å². The van der Waals surface area contributed by atoms with Gasteiger partial charge in [0, 0.05) is 12.8 Å². The highest BCUT2D eigenvalue weighted by molar-refractivity contribution is 7.16. The lowest BCUT2D eigenvalue weighted by molar-refractivity contribution is -0.121. The topological polar surface area (TPSA) is 85.3 Å². The summed E-state index contributed by atoms with van der Waals surface area (Å²) in [6, 6.07) is 3.62. The fraction of sp³-hybridized carbons (Fsp3) is 0.273. The summed E-state index contributed by atoms with van der Waals surface area (Å²) in [6.45, 7) is 0.414. The Morgan fingerprint density at radius 2 is 2.47 bits per heavy atom. The van der Waals surface area contributed by atoms with Crippen LogP contribution in [-0.4, -0.2) is 25.7 Å². The molecule has 0 atom stereocenters. The van der Waals surface area contributed by atoms with Crippen molar-refractivity contribution >= 4 is 22.2 Å². The summed E-state index contributed by atoms with van der Waals surface area (Å²) < 4.78 is 6.74. The van der Waals surface area contributed by atoms with Crippen LogP contribution in [0.25, 0.3) is 4.96 Å². The number of nitrogens with zero attached hydrogens (tertiary/aromatic N) is 4. The Bertz CT molecular complexity index is 644. The van der Waals surface area contributed by atoms with Crippen molar-refractivity contribution in [3.8, 4) is 0 Å². The van der Waals surface area contributed by atoms with E-state index < -0.39 is 0 Å². The van der Waals surface area contributed by atoms with Gasteiger partial charge in [-0.05, 0) is 12.1 Å². The zero-order valence-corrected chi connectivity index (χ0v) is 10.8. The number of aryl methyl sites for hydroxylation is 1. The lowest BCUT2D eigenvalue weighted by Gasteiger charge is -2.01. The van der Waals surface area contributed by atoms with Crippen LogP contribution in [0.5, 0.6) is 0 Å². The van der Waals surface area contributed by atoms with E-state index in [-0.39, 0.29) is 5.91 Å². The number of carbonyl (C=O) groups is 1. The number of amides is 1. The number of hydrogen-bond acceptors (Lipinski definition) is 6. The van der Waals surface area contributed by atoms with Gasteiger partial charge in [-0.25, -0.2) is 0 Å². The standard InChI is InChI=1S/C11H11N5O2S/c17-9(12-6-8-2-1-5-18-8)3-4-10-15-16-7-13-14-11(16)19-10/h1-2,5,7H,3-4,6H2,(H,12,17). The summed E-state index contributed by atoms with van der Waals surface area (Å²) >= 11 is 1.44. The molecule has 3 aromatic heterocycles. The Kier molecular flexibility index (Phi) is 3.23. The number of hydrogen-bond donors (Lipinski definition) is 1. The van der Waals surface area contributed by atoms with Crippen LogP contribution in [0.1, 0.15) is 17.2 Å². The lowest BCUT2D eigenvalue weighted by Crippen LogP contribution is -2.22. The Hall–Kier alpha value is -2.22. The SMILES string of the molecule is O=C(CCc1nn2cnnc2s1)NCc1ccco1. The number of aromatic nitrogens is 4. The van der Waals surface area contributed by atoms with E-state index in [0.717, 1.165) is 15.7 Å². The molecule has 7 nitrogen and oxygen atoms in total. The maximum absolute atomic E-state index is 11.7. The monoisotopic (exact) mass is 277 g/mol. The van der Waals surface area contributed by atoms with Gasteiger partial charge in [0.2, 0.25) is 10.9 Å². The van der Waals surface area contributed by atoms with E-state index in [1.54, 1.807) is 23.2 Å². The molecule has 0 saturated heterocycles. The lowest BCUT2D eigenvalue weighted by atomic mass is 10.3. The van der Waals surface area contributed by atoms with E-state index in [1.165, 1.54) is 11.3 Å².